The molecule has 0 bridgehead atoms. The molecule has 3 heterocycles. The molecule has 128 valence electrons. The van der Waals surface area contributed by atoms with Gasteiger partial charge in [-0.05, 0) is 6.92 Å². The molecule has 1 amide bonds. The van der Waals surface area contributed by atoms with Crippen LogP contribution >= 0.6 is 0 Å². The molecule has 0 radical (unpaired) electrons. The normalized spacial score (nSPS) is 17.6. The predicted octanol–water partition coefficient (Wildman–Crippen LogP) is 2.25. The minimum Gasteiger partial charge on any atom is -0.377 e. The molecule has 0 N–H and O–H groups in total. The second kappa shape index (κ2) is 6.48. The van der Waals surface area contributed by atoms with Crippen LogP contribution < -0.4 is 0 Å². The number of carbonyl (C=O) groups excluding carboxylic acids is 1. The van der Waals surface area contributed by atoms with Crippen LogP contribution in [0.4, 0.5) is 0 Å². The molecule has 0 saturated carbocycles. The van der Waals surface area contributed by atoms with Crippen molar-refractivity contribution in [3.8, 4) is 11.4 Å². The van der Waals surface area contributed by atoms with Gasteiger partial charge in [-0.2, -0.15) is 4.98 Å². The number of morpholine rings is 1. The molecule has 8 heteroatoms. The molecule has 1 atom stereocenters. The van der Waals surface area contributed by atoms with Crippen molar-refractivity contribution in [3.05, 3.63) is 53.7 Å². The van der Waals surface area contributed by atoms with E-state index in [4.69, 9.17) is 13.8 Å². The van der Waals surface area contributed by atoms with Gasteiger partial charge >= 0.3 is 0 Å². The second-order valence-electron chi connectivity index (χ2n) is 5.73. The van der Waals surface area contributed by atoms with Crippen molar-refractivity contribution in [1.82, 2.24) is 20.2 Å². The fourth-order valence-corrected chi connectivity index (χ4v) is 2.74. The molecule has 1 fully saturated rings. The van der Waals surface area contributed by atoms with Gasteiger partial charge in [0.2, 0.25) is 5.82 Å². The lowest BCUT2D eigenvalue weighted by atomic mass is 10.2. The summed E-state index contributed by atoms with van der Waals surface area (Å²) >= 11 is 0. The SMILES string of the molecule is Cc1cc(C(=O)N2CCOCC2c2nc(-c3ccccc3)no2)no1. The summed E-state index contributed by atoms with van der Waals surface area (Å²) in [5, 5.41) is 7.82. The fourth-order valence-electron chi connectivity index (χ4n) is 2.74. The summed E-state index contributed by atoms with van der Waals surface area (Å²) in [4.78, 5) is 18.8. The van der Waals surface area contributed by atoms with E-state index in [0.29, 0.717) is 37.2 Å². The number of carbonyl (C=O) groups is 1. The average Bonchev–Trinajstić information content (AvgIpc) is 3.31. The van der Waals surface area contributed by atoms with E-state index in [1.807, 2.05) is 30.3 Å². The Bertz CT molecular complexity index is 874. The monoisotopic (exact) mass is 340 g/mol. The molecule has 3 aromatic rings. The Kier molecular flexibility index (Phi) is 4.02. The van der Waals surface area contributed by atoms with Gasteiger partial charge in [-0.25, -0.2) is 0 Å². The van der Waals surface area contributed by atoms with Crippen LogP contribution in [0.15, 0.2) is 45.4 Å². The van der Waals surface area contributed by atoms with Crippen LogP contribution in [-0.2, 0) is 4.74 Å². The van der Waals surface area contributed by atoms with Gasteiger partial charge in [-0.15, -0.1) is 0 Å². The zero-order valence-corrected chi connectivity index (χ0v) is 13.6. The Morgan fingerprint density at radius 3 is 2.80 bits per heavy atom. The van der Waals surface area contributed by atoms with Gasteiger partial charge < -0.3 is 18.7 Å². The highest BCUT2D eigenvalue weighted by Crippen LogP contribution is 2.26. The molecule has 2 aromatic heterocycles. The quantitative estimate of drug-likeness (QED) is 0.721. The van der Waals surface area contributed by atoms with E-state index < -0.39 is 6.04 Å². The first-order valence-corrected chi connectivity index (χ1v) is 7.93. The summed E-state index contributed by atoms with van der Waals surface area (Å²) in [5.41, 5.74) is 1.10. The molecule has 0 aliphatic carbocycles. The molecule has 8 nitrogen and oxygen atoms in total. The molecule has 1 aliphatic heterocycles. The van der Waals surface area contributed by atoms with Crippen molar-refractivity contribution in [2.24, 2.45) is 0 Å². The maximum Gasteiger partial charge on any atom is 0.276 e. The number of hydrogen-bond donors (Lipinski definition) is 0. The summed E-state index contributed by atoms with van der Waals surface area (Å²) in [6, 6.07) is 10.7. The van der Waals surface area contributed by atoms with Gasteiger partial charge in [0.15, 0.2) is 5.69 Å². The molecule has 1 aromatic carbocycles. The van der Waals surface area contributed by atoms with Crippen LogP contribution in [0, 0.1) is 6.92 Å². The summed E-state index contributed by atoms with van der Waals surface area (Å²) in [6.07, 6.45) is 0. The first kappa shape index (κ1) is 15.5. The van der Waals surface area contributed by atoms with Gasteiger partial charge in [0.05, 0.1) is 13.2 Å². The molecule has 25 heavy (non-hydrogen) atoms. The summed E-state index contributed by atoms with van der Waals surface area (Å²) in [7, 11) is 0. The third-order valence-electron chi connectivity index (χ3n) is 4.00. The minimum absolute atomic E-state index is 0.246. The van der Waals surface area contributed by atoms with E-state index >= 15 is 0 Å². The van der Waals surface area contributed by atoms with Crippen molar-refractivity contribution in [2.45, 2.75) is 13.0 Å². The number of aryl methyl sites for hydroxylation is 1. The number of benzene rings is 1. The summed E-state index contributed by atoms with van der Waals surface area (Å²) in [6.45, 7) is 2.89. The number of nitrogens with zero attached hydrogens (tertiary/aromatic N) is 4. The first-order valence-electron chi connectivity index (χ1n) is 7.93. The van der Waals surface area contributed by atoms with Crippen LogP contribution in [0.3, 0.4) is 0 Å². The topological polar surface area (TPSA) is 94.5 Å². The number of rotatable bonds is 3. The highest BCUT2D eigenvalue weighted by molar-refractivity contribution is 5.92. The minimum atomic E-state index is -0.455. The van der Waals surface area contributed by atoms with E-state index in [-0.39, 0.29) is 11.6 Å². The highest BCUT2D eigenvalue weighted by Gasteiger charge is 2.34. The second-order valence-corrected chi connectivity index (χ2v) is 5.73. The molecule has 1 aliphatic rings. The van der Waals surface area contributed by atoms with Crippen molar-refractivity contribution in [1.29, 1.82) is 0 Å². The largest absolute Gasteiger partial charge is 0.377 e. The van der Waals surface area contributed by atoms with Crippen LogP contribution in [0.1, 0.15) is 28.2 Å². The summed E-state index contributed by atoms with van der Waals surface area (Å²) in [5.74, 6) is 1.15. The van der Waals surface area contributed by atoms with Crippen LogP contribution in [0.5, 0.6) is 0 Å². The Balaban J connectivity index is 1.61. The molecule has 4 rings (SSSR count). The van der Waals surface area contributed by atoms with Gasteiger partial charge in [0.25, 0.3) is 11.8 Å². The molecule has 0 spiro atoms. The Hall–Kier alpha value is -3.00. The van der Waals surface area contributed by atoms with E-state index in [1.54, 1.807) is 17.9 Å². The molecule has 1 saturated heterocycles. The van der Waals surface area contributed by atoms with Gasteiger partial charge in [0, 0.05) is 18.2 Å². The van der Waals surface area contributed by atoms with E-state index in [2.05, 4.69) is 15.3 Å². The number of amides is 1. The van der Waals surface area contributed by atoms with Gasteiger partial charge in [-0.1, -0.05) is 40.6 Å². The van der Waals surface area contributed by atoms with Gasteiger partial charge in [-0.3, -0.25) is 4.79 Å². The van der Waals surface area contributed by atoms with Crippen molar-refractivity contribution in [3.63, 3.8) is 0 Å². The lowest BCUT2D eigenvalue weighted by Crippen LogP contribution is -2.43. The van der Waals surface area contributed by atoms with Crippen LogP contribution in [0.25, 0.3) is 11.4 Å². The third-order valence-corrected chi connectivity index (χ3v) is 4.00. The zero-order chi connectivity index (χ0) is 17.2. The third kappa shape index (κ3) is 3.03. The number of aromatic nitrogens is 3. The maximum atomic E-state index is 12.7. The maximum absolute atomic E-state index is 12.7. The predicted molar refractivity (Wildman–Crippen MR) is 85.6 cm³/mol. The van der Waals surface area contributed by atoms with Crippen molar-refractivity contribution >= 4 is 5.91 Å². The molecular weight excluding hydrogens is 324 g/mol. The number of ether oxygens (including phenoxy) is 1. The zero-order valence-electron chi connectivity index (χ0n) is 13.6. The summed E-state index contributed by atoms with van der Waals surface area (Å²) < 4.78 is 15.9. The number of hydrogen-bond acceptors (Lipinski definition) is 7. The van der Waals surface area contributed by atoms with E-state index in [9.17, 15) is 4.79 Å². The Morgan fingerprint density at radius 1 is 1.20 bits per heavy atom. The van der Waals surface area contributed by atoms with E-state index in [1.165, 1.54) is 0 Å². The van der Waals surface area contributed by atoms with Crippen molar-refractivity contribution < 1.29 is 18.6 Å². The van der Waals surface area contributed by atoms with E-state index in [0.717, 1.165) is 5.56 Å². The molecular formula is C17H16N4O4. The highest BCUT2D eigenvalue weighted by atomic mass is 16.5. The Morgan fingerprint density at radius 2 is 2.04 bits per heavy atom. The first-order chi connectivity index (χ1) is 12.2. The Labute approximate surface area is 143 Å². The molecule has 1 unspecified atom stereocenters. The lowest BCUT2D eigenvalue weighted by molar-refractivity contribution is -0.0123. The van der Waals surface area contributed by atoms with Gasteiger partial charge in [0.1, 0.15) is 11.8 Å². The lowest BCUT2D eigenvalue weighted by Gasteiger charge is -2.32. The van der Waals surface area contributed by atoms with Crippen LogP contribution in [-0.4, -0.2) is 45.9 Å². The average molecular weight is 340 g/mol. The standard InChI is InChI=1S/C17H16N4O4/c1-11-9-13(19-24-11)17(22)21-7-8-23-10-14(21)16-18-15(20-25-16)12-5-3-2-4-6-12/h2-6,9,14H,7-8,10H2,1H3. The fraction of sp³-hybridized carbons (Fsp3) is 0.294. The van der Waals surface area contributed by atoms with Crippen molar-refractivity contribution in [2.75, 3.05) is 19.8 Å². The smallest absolute Gasteiger partial charge is 0.276 e. The van der Waals surface area contributed by atoms with Crippen LogP contribution in [0.2, 0.25) is 0 Å².